The number of amides is 1. The minimum Gasteiger partial charge on any atom is -0.459 e. The summed E-state index contributed by atoms with van der Waals surface area (Å²) in [5.74, 6) is -0.0934. The van der Waals surface area contributed by atoms with Crippen molar-refractivity contribution in [3.63, 3.8) is 0 Å². The molecule has 140 valence electrons. The van der Waals surface area contributed by atoms with E-state index in [1.807, 2.05) is 42.6 Å². The predicted molar refractivity (Wildman–Crippen MR) is 104 cm³/mol. The topological polar surface area (TPSA) is 68.5 Å². The monoisotopic (exact) mass is 383 g/mol. The molecule has 4 rings (SSSR count). The smallest absolute Gasteiger partial charge is 0.339 e. The van der Waals surface area contributed by atoms with Crippen LogP contribution in [0.1, 0.15) is 52.4 Å². The van der Waals surface area contributed by atoms with Gasteiger partial charge in [0.25, 0.3) is 5.91 Å². The molecule has 1 aliphatic rings. The lowest BCUT2D eigenvalue weighted by atomic mass is 9.96. The van der Waals surface area contributed by atoms with Gasteiger partial charge in [0.2, 0.25) is 0 Å². The summed E-state index contributed by atoms with van der Waals surface area (Å²) in [6.07, 6.45) is 4.21. The van der Waals surface area contributed by atoms with Gasteiger partial charge in [-0.25, -0.2) is 4.79 Å². The fourth-order valence-corrected chi connectivity index (χ4v) is 4.56. The van der Waals surface area contributed by atoms with Crippen LogP contribution < -0.4 is 5.32 Å². The number of ether oxygens (including phenoxy) is 1. The van der Waals surface area contributed by atoms with Gasteiger partial charge in [0.05, 0.1) is 11.6 Å². The summed E-state index contributed by atoms with van der Waals surface area (Å²) in [6, 6.07) is 9.29. The van der Waals surface area contributed by atoms with Gasteiger partial charge >= 0.3 is 5.97 Å². The second-order valence-electron chi connectivity index (χ2n) is 6.81. The molecule has 0 saturated heterocycles. The number of thiophene rings is 1. The van der Waals surface area contributed by atoms with Crippen LogP contribution in [0.25, 0.3) is 11.0 Å². The Balaban J connectivity index is 1.34. The van der Waals surface area contributed by atoms with E-state index in [4.69, 9.17) is 9.15 Å². The second kappa shape index (κ2) is 7.56. The van der Waals surface area contributed by atoms with Crippen molar-refractivity contribution in [2.45, 2.75) is 38.6 Å². The molecule has 0 bridgehead atoms. The third kappa shape index (κ3) is 3.76. The van der Waals surface area contributed by atoms with Crippen LogP contribution in [0, 0.1) is 0 Å². The molecule has 0 aliphatic heterocycles. The second-order valence-corrected chi connectivity index (χ2v) is 7.77. The van der Waals surface area contributed by atoms with Crippen LogP contribution in [0.4, 0.5) is 0 Å². The maximum Gasteiger partial charge on any atom is 0.339 e. The van der Waals surface area contributed by atoms with E-state index in [9.17, 15) is 9.59 Å². The molecule has 0 unspecified atom stereocenters. The lowest BCUT2D eigenvalue weighted by Crippen LogP contribution is -2.31. The van der Waals surface area contributed by atoms with Gasteiger partial charge in [-0.15, -0.1) is 11.3 Å². The molecule has 1 atom stereocenters. The van der Waals surface area contributed by atoms with E-state index in [1.165, 1.54) is 11.3 Å². The molecule has 0 saturated carbocycles. The number of carbonyl (C=O) groups is 2. The van der Waals surface area contributed by atoms with E-state index in [0.29, 0.717) is 11.3 Å². The molecule has 5 nitrogen and oxygen atoms in total. The molecule has 2 aromatic heterocycles. The normalized spacial score (nSPS) is 14.6. The first-order valence-corrected chi connectivity index (χ1v) is 10.0. The molecule has 2 heterocycles. The van der Waals surface area contributed by atoms with Crippen LogP contribution in [0.5, 0.6) is 0 Å². The summed E-state index contributed by atoms with van der Waals surface area (Å²) < 4.78 is 11.0. The van der Waals surface area contributed by atoms with Crippen molar-refractivity contribution in [3.05, 3.63) is 57.5 Å². The van der Waals surface area contributed by atoms with Crippen molar-refractivity contribution in [2.75, 3.05) is 6.61 Å². The Morgan fingerprint density at radius 3 is 2.93 bits per heavy atom. The molecule has 0 spiro atoms. The van der Waals surface area contributed by atoms with Gasteiger partial charge in [-0.2, -0.15) is 0 Å². The largest absolute Gasteiger partial charge is 0.459 e. The summed E-state index contributed by atoms with van der Waals surface area (Å²) in [7, 11) is 0. The van der Waals surface area contributed by atoms with Crippen LogP contribution in [-0.2, 0) is 22.4 Å². The van der Waals surface area contributed by atoms with Gasteiger partial charge in [-0.3, -0.25) is 4.79 Å². The maximum absolute atomic E-state index is 12.3. The summed E-state index contributed by atoms with van der Waals surface area (Å²) in [6.45, 7) is 1.54. The number of fused-ring (bicyclic) bond motifs is 2. The Morgan fingerprint density at radius 1 is 1.26 bits per heavy atom. The van der Waals surface area contributed by atoms with Crippen molar-refractivity contribution in [1.29, 1.82) is 0 Å². The molecule has 1 N–H and O–H groups in total. The van der Waals surface area contributed by atoms with Crippen molar-refractivity contribution >= 4 is 34.2 Å². The first-order valence-electron chi connectivity index (χ1n) is 9.16. The number of benzene rings is 1. The standard InChI is InChI=1S/C21H21NO4S/c1-13(18-10-14-6-2-4-8-17(14)26-18)22-20(23)11-25-21(24)16-12-27-19-9-5-3-7-15(16)19/h2,4,6,8,10,12-13H,3,5,7,9,11H2,1H3,(H,22,23)/t13-/m0/s1. The third-order valence-corrected chi connectivity index (χ3v) is 5.95. The molecule has 0 radical (unpaired) electrons. The average molecular weight is 383 g/mol. The van der Waals surface area contributed by atoms with E-state index in [0.717, 1.165) is 35.8 Å². The van der Waals surface area contributed by atoms with Gasteiger partial charge < -0.3 is 14.5 Å². The summed E-state index contributed by atoms with van der Waals surface area (Å²) in [5, 5.41) is 5.66. The Hall–Kier alpha value is -2.60. The van der Waals surface area contributed by atoms with Gasteiger partial charge in [0.15, 0.2) is 6.61 Å². The number of furan rings is 1. The van der Waals surface area contributed by atoms with Crippen molar-refractivity contribution < 1.29 is 18.7 Å². The first-order chi connectivity index (χ1) is 13.1. The third-order valence-electron chi connectivity index (χ3n) is 4.86. The summed E-state index contributed by atoms with van der Waals surface area (Å²) in [5.41, 5.74) is 2.50. The molecule has 0 fully saturated rings. The van der Waals surface area contributed by atoms with E-state index in [2.05, 4.69) is 5.32 Å². The van der Waals surface area contributed by atoms with Crippen molar-refractivity contribution in [3.8, 4) is 0 Å². The zero-order valence-electron chi connectivity index (χ0n) is 15.1. The number of hydrogen-bond donors (Lipinski definition) is 1. The van der Waals surface area contributed by atoms with Crippen molar-refractivity contribution in [1.82, 2.24) is 5.32 Å². The molecule has 1 aliphatic carbocycles. The number of rotatable bonds is 5. The van der Waals surface area contributed by atoms with E-state index in [-0.39, 0.29) is 18.6 Å². The molecule has 27 heavy (non-hydrogen) atoms. The fourth-order valence-electron chi connectivity index (χ4n) is 3.44. The summed E-state index contributed by atoms with van der Waals surface area (Å²) in [4.78, 5) is 25.8. The zero-order chi connectivity index (χ0) is 18.8. The summed E-state index contributed by atoms with van der Waals surface area (Å²) >= 11 is 1.61. The highest BCUT2D eigenvalue weighted by Gasteiger charge is 2.22. The molecule has 1 amide bonds. The Morgan fingerprint density at radius 2 is 2.07 bits per heavy atom. The van der Waals surface area contributed by atoms with Gasteiger partial charge in [-0.1, -0.05) is 18.2 Å². The quantitative estimate of drug-likeness (QED) is 0.663. The molecular weight excluding hydrogens is 362 g/mol. The first kappa shape index (κ1) is 17.8. The average Bonchev–Trinajstić information content (AvgIpc) is 3.30. The lowest BCUT2D eigenvalue weighted by molar-refractivity contribution is -0.125. The molecular formula is C21H21NO4S. The number of hydrogen-bond acceptors (Lipinski definition) is 5. The minimum atomic E-state index is -0.416. The van der Waals surface area contributed by atoms with E-state index in [1.54, 1.807) is 11.3 Å². The Bertz CT molecular complexity index is 954. The fraction of sp³-hybridized carbons (Fsp3) is 0.333. The number of para-hydroxylation sites is 1. The van der Waals surface area contributed by atoms with Gasteiger partial charge in [0, 0.05) is 15.6 Å². The molecule has 3 aromatic rings. The highest BCUT2D eigenvalue weighted by atomic mass is 32.1. The number of esters is 1. The van der Waals surface area contributed by atoms with E-state index < -0.39 is 5.97 Å². The van der Waals surface area contributed by atoms with Crippen LogP contribution in [0.3, 0.4) is 0 Å². The van der Waals surface area contributed by atoms with Gasteiger partial charge in [0.1, 0.15) is 11.3 Å². The Kier molecular flexibility index (Phi) is 4.99. The highest BCUT2D eigenvalue weighted by molar-refractivity contribution is 7.10. The highest BCUT2D eigenvalue weighted by Crippen LogP contribution is 2.30. The molecule has 1 aromatic carbocycles. The minimum absolute atomic E-state index is 0.298. The number of nitrogens with one attached hydrogen (secondary N) is 1. The van der Waals surface area contributed by atoms with E-state index >= 15 is 0 Å². The number of carbonyl (C=O) groups excluding carboxylic acids is 2. The molecule has 6 heteroatoms. The zero-order valence-corrected chi connectivity index (χ0v) is 15.9. The SMILES string of the molecule is C[C@H](NC(=O)COC(=O)c1csc2c1CCCC2)c1cc2ccccc2o1. The number of aryl methyl sites for hydroxylation is 1. The lowest BCUT2D eigenvalue weighted by Gasteiger charge is -2.13. The Labute approximate surface area is 161 Å². The van der Waals surface area contributed by atoms with Crippen LogP contribution in [-0.4, -0.2) is 18.5 Å². The van der Waals surface area contributed by atoms with Gasteiger partial charge in [-0.05, 0) is 50.3 Å². The predicted octanol–water partition coefficient (Wildman–Crippen LogP) is 4.41. The van der Waals surface area contributed by atoms with Crippen molar-refractivity contribution in [2.24, 2.45) is 0 Å². The maximum atomic E-state index is 12.3. The van der Waals surface area contributed by atoms with Crippen LogP contribution in [0.15, 0.2) is 40.1 Å². The van der Waals surface area contributed by atoms with Crippen LogP contribution >= 0.6 is 11.3 Å². The van der Waals surface area contributed by atoms with Crippen LogP contribution in [0.2, 0.25) is 0 Å².